The maximum absolute atomic E-state index is 4.42. The Labute approximate surface area is 181 Å². The molecule has 4 rings (SSSR count). The van der Waals surface area contributed by atoms with E-state index < -0.39 is 5.46 Å². The van der Waals surface area contributed by atoms with Crippen molar-refractivity contribution >= 4 is 37.2 Å². The number of rotatable bonds is 6. The molecule has 0 atom stereocenters. The van der Waals surface area contributed by atoms with Crippen molar-refractivity contribution in [3.05, 3.63) is 126 Å². The molecule has 0 radical (unpaired) electrons. The summed E-state index contributed by atoms with van der Waals surface area (Å²) in [4.78, 5) is 0. The van der Waals surface area contributed by atoms with E-state index in [1.54, 1.807) is 0 Å². The van der Waals surface area contributed by atoms with E-state index in [-0.39, 0.29) is 0 Å². The average Bonchev–Trinajstić information content (AvgIpc) is 2.77. The van der Waals surface area contributed by atoms with Crippen LogP contribution in [0.15, 0.2) is 115 Å². The topological polar surface area (TPSA) is 12.0 Å². The van der Waals surface area contributed by atoms with E-state index in [2.05, 4.69) is 143 Å². The summed E-state index contributed by atoms with van der Waals surface area (Å²) >= 11 is 4.42. The number of aryl methyl sites for hydroxylation is 1. The summed E-state index contributed by atoms with van der Waals surface area (Å²) < 4.78 is 0. The molecular formula is C26H25BrNP. The predicted octanol–water partition coefficient (Wildman–Crippen LogP) is 7.04. The van der Waals surface area contributed by atoms with Crippen molar-refractivity contribution in [1.29, 1.82) is 0 Å². The van der Waals surface area contributed by atoms with Crippen LogP contribution in [0.1, 0.15) is 11.1 Å². The Morgan fingerprint density at radius 1 is 0.621 bits per heavy atom. The van der Waals surface area contributed by atoms with Gasteiger partial charge in [0.1, 0.15) is 0 Å². The Kier molecular flexibility index (Phi) is 5.58. The molecule has 4 aromatic rings. The van der Waals surface area contributed by atoms with Crippen LogP contribution in [0.2, 0.25) is 0 Å². The number of halogens is 1. The van der Waals surface area contributed by atoms with Gasteiger partial charge in [-0.2, -0.15) is 0 Å². The quantitative estimate of drug-likeness (QED) is 0.303. The second-order valence-corrected chi connectivity index (χ2v) is 16.1. The van der Waals surface area contributed by atoms with Crippen molar-refractivity contribution in [2.75, 3.05) is 5.09 Å². The number of hydrogen-bond acceptors (Lipinski definition) is 1. The number of benzene rings is 4. The third-order valence-corrected chi connectivity index (χ3v) is 13.5. The SMILES string of the molecule is Cc1ccc(NP(Br)(Cc2ccccc2)(c2ccccc2)c2ccccc2)cc1. The Morgan fingerprint density at radius 3 is 1.55 bits per heavy atom. The van der Waals surface area contributed by atoms with Gasteiger partial charge in [-0.15, -0.1) is 0 Å². The first-order valence-electron chi connectivity index (χ1n) is 9.81. The molecule has 0 spiro atoms. The second-order valence-electron chi connectivity index (χ2n) is 7.48. The van der Waals surface area contributed by atoms with Crippen molar-refractivity contribution in [3.8, 4) is 0 Å². The zero-order chi connectivity index (χ0) is 20.2. The molecule has 1 nitrogen and oxygen atoms in total. The van der Waals surface area contributed by atoms with Gasteiger partial charge in [-0.25, -0.2) is 0 Å². The Balaban J connectivity index is 1.98. The number of anilines is 1. The third kappa shape index (κ3) is 4.01. The third-order valence-electron chi connectivity index (χ3n) is 5.33. The molecule has 0 aliphatic heterocycles. The van der Waals surface area contributed by atoms with Gasteiger partial charge in [0.2, 0.25) is 0 Å². The van der Waals surface area contributed by atoms with Gasteiger partial charge in [0.25, 0.3) is 0 Å². The number of nitrogens with one attached hydrogen (secondary N) is 1. The molecule has 3 heteroatoms. The normalized spacial score (nSPS) is 12.7. The summed E-state index contributed by atoms with van der Waals surface area (Å²) in [6.45, 7) is 2.12. The predicted molar refractivity (Wildman–Crippen MR) is 133 cm³/mol. The molecule has 0 amide bonds. The maximum atomic E-state index is 4.42. The van der Waals surface area contributed by atoms with Crippen molar-refractivity contribution in [2.45, 2.75) is 13.1 Å². The first-order chi connectivity index (χ1) is 14.1. The minimum atomic E-state index is -3.00. The van der Waals surface area contributed by atoms with Gasteiger partial charge in [0.05, 0.1) is 0 Å². The summed E-state index contributed by atoms with van der Waals surface area (Å²) in [5.41, 5.74) is 0.680. The molecule has 0 aliphatic rings. The summed E-state index contributed by atoms with van der Waals surface area (Å²) in [5.74, 6) is 0. The van der Waals surface area contributed by atoms with Gasteiger partial charge >= 0.3 is 182 Å². The fraction of sp³-hybridized carbons (Fsp3) is 0.0769. The standard InChI is InChI=1S/C26H25BrNP/c1-22-17-19-24(20-18-22)28-29(27,25-13-7-3-8-14-25,26-15-9-4-10-16-26)21-23-11-5-2-6-12-23/h2-20,28H,21H2,1H3. The van der Waals surface area contributed by atoms with Crippen LogP contribution in [0.25, 0.3) is 0 Å². The van der Waals surface area contributed by atoms with Crippen molar-refractivity contribution in [1.82, 2.24) is 0 Å². The summed E-state index contributed by atoms with van der Waals surface area (Å²) in [6.07, 6.45) is 0.869. The van der Waals surface area contributed by atoms with Gasteiger partial charge in [-0.1, -0.05) is 0 Å². The van der Waals surface area contributed by atoms with E-state index in [0.29, 0.717) is 0 Å². The first-order valence-corrected chi connectivity index (χ1v) is 14.3. The van der Waals surface area contributed by atoms with Gasteiger partial charge in [0, 0.05) is 0 Å². The zero-order valence-electron chi connectivity index (χ0n) is 16.5. The molecule has 0 fully saturated rings. The van der Waals surface area contributed by atoms with Crippen LogP contribution in [-0.2, 0) is 6.16 Å². The van der Waals surface area contributed by atoms with E-state index in [1.807, 2.05) is 0 Å². The summed E-state index contributed by atoms with van der Waals surface area (Å²) in [5, 5.41) is 6.60. The van der Waals surface area contributed by atoms with E-state index >= 15 is 0 Å². The molecule has 0 unspecified atom stereocenters. The molecule has 29 heavy (non-hydrogen) atoms. The first kappa shape index (κ1) is 19.9. The van der Waals surface area contributed by atoms with Crippen molar-refractivity contribution in [2.24, 2.45) is 0 Å². The van der Waals surface area contributed by atoms with E-state index in [0.717, 1.165) is 11.8 Å². The molecule has 0 heterocycles. The Bertz CT molecular complexity index is 1020. The van der Waals surface area contributed by atoms with E-state index in [1.165, 1.54) is 21.7 Å². The molecule has 0 bridgehead atoms. The molecule has 4 aromatic carbocycles. The van der Waals surface area contributed by atoms with Crippen LogP contribution in [0.3, 0.4) is 0 Å². The Morgan fingerprint density at radius 2 is 1.07 bits per heavy atom. The van der Waals surface area contributed by atoms with Gasteiger partial charge in [-0.3, -0.25) is 0 Å². The molecule has 1 N–H and O–H groups in total. The average molecular weight is 462 g/mol. The summed E-state index contributed by atoms with van der Waals surface area (Å²) in [6, 6.07) is 41.0. The van der Waals surface area contributed by atoms with Crippen molar-refractivity contribution in [3.63, 3.8) is 0 Å². The Hall–Kier alpha value is -2.41. The van der Waals surface area contributed by atoms with Gasteiger partial charge in [-0.05, 0) is 0 Å². The fourth-order valence-corrected chi connectivity index (χ4v) is 10.9. The van der Waals surface area contributed by atoms with Crippen molar-refractivity contribution < 1.29 is 0 Å². The van der Waals surface area contributed by atoms with Gasteiger partial charge in [0.15, 0.2) is 0 Å². The minimum absolute atomic E-state index is 0.869. The van der Waals surface area contributed by atoms with Crippen LogP contribution in [0, 0.1) is 6.92 Å². The van der Waals surface area contributed by atoms with Crippen LogP contribution in [-0.4, -0.2) is 0 Å². The molecule has 146 valence electrons. The molecular weight excluding hydrogens is 437 g/mol. The molecule has 0 aromatic heterocycles. The van der Waals surface area contributed by atoms with Crippen LogP contribution >= 0.6 is 20.9 Å². The van der Waals surface area contributed by atoms with Crippen LogP contribution in [0.4, 0.5) is 5.69 Å². The van der Waals surface area contributed by atoms with Gasteiger partial charge < -0.3 is 0 Å². The summed E-state index contributed by atoms with van der Waals surface area (Å²) in [7, 11) is 0. The monoisotopic (exact) mass is 461 g/mol. The second kappa shape index (κ2) is 8.14. The molecule has 0 saturated carbocycles. The van der Waals surface area contributed by atoms with Crippen LogP contribution in [0.5, 0.6) is 0 Å². The van der Waals surface area contributed by atoms with E-state index in [4.69, 9.17) is 0 Å². The molecule has 0 aliphatic carbocycles. The number of hydrogen-bond donors (Lipinski definition) is 1. The molecule has 0 saturated heterocycles. The van der Waals surface area contributed by atoms with Crippen LogP contribution < -0.4 is 15.7 Å². The van der Waals surface area contributed by atoms with E-state index in [9.17, 15) is 0 Å². The zero-order valence-corrected chi connectivity index (χ0v) is 19.0. The fourth-order valence-electron chi connectivity index (χ4n) is 3.80.